The van der Waals surface area contributed by atoms with Crippen molar-refractivity contribution in [1.29, 1.82) is 0 Å². The number of hydrogen-bond donors (Lipinski definition) is 0. The molecule has 0 aromatic heterocycles. The van der Waals surface area contributed by atoms with Crippen LogP contribution in [0.2, 0.25) is 16.6 Å². The smallest absolute Gasteiger partial charge is 0.200 e. The summed E-state index contributed by atoms with van der Waals surface area (Å²) < 4.78 is 39.1. The van der Waals surface area contributed by atoms with Crippen molar-refractivity contribution >= 4 is 18.2 Å². The van der Waals surface area contributed by atoms with E-state index in [1.807, 2.05) is 6.07 Å². The zero-order valence-electron chi connectivity index (χ0n) is 19.4. The Balaban J connectivity index is 1.88. The highest BCUT2D eigenvalue weighted by Gasteiger charge is 2.50. The van der Waals surface area contributed by atoms with E-state index in [-0.39, 0.29) is 24.0 Å². The van der Waals surface area contributed by atoms with Crippen LogP contribution < -0.4 is 0 Å². The van der Waals surface area contributed by atoms with E-state index in [0.29, 0.717) is 21.5 Å². The van der Waals surface area contributed by atoms with Gasteiger partial charge in [-0.3, -0.25) is 4.90 Å². The lowest BCUT2D eigenvalue weighted by atomic mass is 10.2. The van der Waals surface area contributed by atoms with Gasteiger partial charge in [0.2, 0.25) is 8.32 Å². The number of ether oxygens (including phenoxy) is 1. The molecule has 30 heavy (non-hydrogen) atoms. The number of nitrogens with zero attached hydrogens (tertiary/aromatic N) is 1. The predicted molar refractivity (Wildman–Crippen MR) is 124 cm³/mol. The molecule has 170 valence electrons. The van der Waals surface area contributed by atoms with Gasteiger partial charge in [0.05, 0.1) is 29.5 Å². The number of sulfone groups is 1. The van der Waals surface area contributed by atoms with Gasteiger partial charge in [-0.2, -0.15) is 0 Å². The number of epoxide rings is 1. The van der Waals surface area contributed by atoms with Crippen LogP contribution in [0.25, 0.3) is 0 Å². The van der Waals surface area contributed by atoms with Crippen LogP contribution in [0.1, 0.15) is 48.0 Å². The standard InChI is InChI=1S/C23H39NO4SSi/c1-17(2)30(18(3)4,19(5)6)28-23-12-13-24(14-20-15-27-20)22(23)16-29(25,26)21-10-8-7-9-11-21/h7-11,17-20,22-23H,12-16H2,1-6H3/t20?,22-,23-/m0/s1. The van der Waals surface area contributed by atoms with E-state index in [0.717, 1.165) is 26.1 Å². The maximum atomic E-state index is 13.2. The largest absolute Gasteiger partial charge is 0.411 e. The fraction of sp³-hybridized carbons (Fsp3) is 0.739. The molecule has 2 fully saturated rings. The summed E-state index contributed by atoms with van der Waals surface area (Å²) in [5, 5.41) is 0. The van der Waals surface area contributed by atoms with Crippen LogP contribution in [-0.2, 0) is 19.0 Å². The van der Waals surface area contributed by atoms with Crippen LogP contribution in [0.3, 0.4) is 0 Å². The van der Waals surface area contributed by atoms with Crippen molar-refractivity contribution in [2.24, 2.45) is 0 Å². The Labute approximate surface area is 184 Å². The third kappa shape index (κ3) is 5.01. The van der Waals surface area contributed by atoms with Gasteiger partial charge in [-0.15, -0.1) is 0 Å². The van der Waals surface area contributed by atoms with E-state index in [1.165, 1.54) is 0 Å². The Morgan fingerprint density at radius 1 is 1.07 bits per heavy atom. The zero-order valence-corrected chi connectivity index (χ0v) is 21.2. The molecule has 0 radical (unpaired) electrons. The van der Waals surface area contributed by atoms with E-state index in [2.05, 4.69) is 46.4 Å². The average Bonchev–Trinajstić information content (AvgIpc) is 3.42. The Morgan fingerprint density at radius 3 is 2.13 bits per heavy atom. The summed E-state index contributed by atoms with van der Waals surface area (Å²) in [6.07, 6.45) is 1.09. The molecule has 0 aliphatic carbocycles. The molecule has 2 aliphatic heterocycles. The van der Waals surface area contributed by atoms with E-state index in [1.54, 1.807) is 24.3 Å². The molecular weight excluding hydrogens is 414 g/mol. The fourth-order valence-electron chi connectivity index (χ4n) is 5.52. The van der Waals surface area contributed by atoms with E-state index < -0.39 is 18.2 Å². The first-order valence-electron chi connectivity index (χ1n) is 11.4. The molecule has 0 spiro atoms. The average molecular weight is 454 g/mol. The number of hydrogen-bond acceptors (Lipinski definition) is 5. The highest BCUT2D eigenvalue weighted by Crippen LogP contribution is 2.44. The topological polar surface area (TPSA) is 59.1 Å². The van der Waals surface area contributed by atoms with Crippen molar-refractivity contribution < 1.29 is 17.6 Å². The normalized spacial score (nSPS) is 25.6. The van der Waals surface area contributed by atoms with Crippen LogP contribution >= 0.6 is 0 Å². The Morgan fingerprint density at radius 2 is 1.63 bits per heavy atom. The second-order valence-electron chi connectivity index (χ2n) is 9.87. The lowest BCUT2D eigenvalue weighted by molar-refractivity contribution is 0.125. The number of likely N-dealkylation sites (tertiary alicyclic amines) is 1. The summed E-state index contributed by atoms with van der Waals surface area (Å²) in [5.74, 6) is 0.104. The third-order valence-electron chi connectivity index (χ3n) is 6.99. The summed E-state index contributed by atoms with van der Waals surface area (Å²) in [6, 6.07) is 8.71. The van der Waals surface area contributed by atoms with Crippen LogP contribution in [0.5, 0.6) is 0 Å². The van der Waals surface area contributed by atoms with Crippen molar-refractivity contribution in [3.05, 3.63) is 30.3 Å². The maximum absolute atomic E-state index is 13.2. The molecule has 0 N–H and O–H groups in total. The second-order valence-corrected chi connectivity index (χ2v) is 17.3. The predicted octanol–water partition coefficient (Wildman–Crippen LogP) is 4.49. The molecule has 0 bridgehead atoms. The molecule has 1 aromatic rings. The van der Waals surface area contributed by atoms with E-state index in [4.69, 9.17) is 9.16 Å². The Hall–Kier alpha value is -0.733. The van der Waals surface area contributed by atoms with Crippen molar-refractivity contribution in [1.82, 2.24) is 4.90 Å². The van der Waals surface area contributed by atoms with Gasteiger partial charge in [-0.05, 0) is 35.2 Å². The van der Waals surface area contributed by atoms with E-state index >= 15 is 0 Å². The monoisotopic (exact) mass is 453 g/mol. The van der Waals surface area contributed by atoms with Gasteiger partial charge in [0, 0.05) is 19.1 Å². The van der Waals surface area contributed by atoms with Crippen molar-refractivity contribution in [3.8, 4) is 0 Å². The molecule has 1 aromatic carbocycles. The van der Waals surface area contributed by atoms with Crippen molar-refractivity contribution in [3.63, 3.8) is 0 Å². The third-order valence-corrected chi connectivity index (χ3v) is 14.9. The molecule has 5 nitrogen and oxygen atoms in total. The summed E-state index contributed by atoms with van der Waals surface area (Å²) in [4.78, 5) is 2.71. The van der Waals surface area contributed by atoms with Crippen molar-refractivity contribution in [2.75, 3.05) is 25.4 Å². The Bertz CT molecular complexity index is 771. The molecule has 2 heterocycles. The fourth-order valence-corrected chi connectivity index (χ4v) is 12.8. The van der Waals surface area contributed by atoms with Gasteiger partial charge in [0.15, 0.2) is 9.84 Å². The summed E-state index contributed by atoms with van der Waals surface area (Å²) in [6.45, 7) is 16.2. The van der Waals surface area contributed by atoms with Crippen molar-refractivity contribution in [2.45, 2.75) is 87.7 Å². The zero-order chi connectivity index (χ0) is 22.1. The maximum Gasteiger partial charge on any atom is 0.200 e. The van der Waals surface area contributed by atoms with Gasteiger partial charge in [-0.1, -0.05) is 59.7 Å². The van der Waals surface area contributed by atoms with Crippen LogP contribution in [0, 0.1) is 0 Å². The van der Waals surface area contributed by atoms with Gasteiger partial charge in [0.25, 0.3) is 0 Å². The van der Waals surface area contributed by atoms with Gasteiger partial charge >= 0.3 is 0 Å². The van der Waals surface area contributed by atoms with Gasteiger partial charge in [-0.25, -0.2) is 8.42 Å². The highest BCUT2D eigenvalue weighted by molar-refractivity contribution is 7.91. The first-order chi connectivity index (χ1) is 14.1. The summed E-state index contributed by atoms with van der Waals surface area (Å²) in [5.41, 5.74) is 1.43. The van der Waals surface area contributed by atoms with Crippen LogP contribution in [0.15, 0.2) is 35.2 Å². The van der Waals surface area contributed by atoms with E-state index in [9.17, 15) is 8.42 Å². The molecule has 0 amide bonds. The molecule has 3 rings (SSSR count). The Kier molecular flexibility index (Phi) is 7.50. The van der Waals surface area contributed by atoms with Crippen LogP contribution in [-0.4, -0.2) is 65.3 Å². The molecule has 7 heteroatoms. The quantitative estimate of drug-likeness (QED) is 0.386. The molecule has 3 atom stereocenters. The minimum atomic E-state index is -3.39. The molecule has 2 aliphatic rings. The minimum absolute atomic E-state index is 0.0406. The lowest BCUT2D eigenvalue weighted by Gasteiger charge is -2.45. The molecule has 2 saturated heterocycles. The summed E-state index contributed by atoms with van der Waals surface area (Å²) in [7, 11) is -5.48. The summed E-state index contributed by atoms with van der Waals surface area (Å²) >= 11 is 0. The van der Waals surface area contributed by atoms with Crippen LogP contribution in [0.4, 0.5) is 0 Å². The highest BCUT2D eigenvalue weighted by atomic mass is 32.2. The van der Waals surface area contributed by atoms with Gasteiger partial charge in [0.1, 0.15) is 0 Å². The SMILES string of the molecule is CC(C)[Si](O[C@H]1CCN(CC2CO2)[C@H]1CS(=O)(=O)c1ccccc1)(C(C)C)C(C)C. The number of rotatable bonds is 10. The van der Waals surface area contributed by atoms with Gasteiger partial charge < -0.3 is 9.16 Å². The molecule has 0 saturated carbocycles. The minimum Gasteiger partial charge on any atom is -0.411 e. The first kappa shape index (κ1) is 23.9. The molecule has 1 unspecified atom stereocenters. The second kappa shape index (κ2) is 9.41. The molecular formula is C23H39NO4SSi. The first-order valence-corrected chi connectivity index (χ1v) is 15.2. The number of benzene rings is 1. The lowest BCUT2D eigenvalue weighted by Crippen LogP contribution is -2.53.